The lowest BCUT2D eigenvalue weighted by Gasteiger charge is -2.26. The fraction of sp³-hybridized carbons (Fsp3) is 0.724. The van der Waals surface area contributed by atoms with E-state index in [1.54, 1.807) is 0 Å². The summed E-state index contributed by atoms with van der Waals surface area (Å²) < 4.78 is 22.8. The second-order valence-electron chi connectivity index (χ2n) is 24.4. The number of carboxylic acids is 1. The largest absolute Gasteiger partial charge is 0.545 e. The van der Waals surface area contributed by atoms with E-state index in [9.17, 15) is 19.5 Å². The maximum atomic E-state index is 12.9. The van der Waals surface area contributed by atoms with Gasteiger partial charge >= 0.3 is 11.9 Å². The van der Waals surface area contributed by atoms with Crippen LogP contribution in [0.4, 0.5) is 0 Å². The number of rotatable bonds is 64. The molecular formula is C76H131NO8. The molecular weight excluding hydrogens is 1050 g/mol. The third kappa shape index (κ3) is 67.3. The van der Waals surface area contributed by atoms with Crippen LogP contribution in [0.1, 0.15) is 296 Å². The Kier molecular flexibility index (Phi) is 62.8. The van der Waals surface area contributed by atoms with Gasteiger partial charge in [-0.15, -0.1) is 0 Å². The van der Waals surface area contributed by atoms with Gasteiger partial charge in [0.15, 0.2) is 12.4 Å². The van der Waals surface area contributed by atoms with Gasteiger partial charge in [0.25, 0.3) is 0 Å². The van der Waals surface area contributed by atoms with Gasteiger partial charge in [-0.25, -0.2) is 0 Å². The van der Waals surface area contributed by atoms with Crippen molar-refractivity contribution in [3.05, 3.63) is 109 Å². The van der Waals surface area contributed by atoms with Gasteiger partial charge in [0.1, 0.15) is 13.2 Å². The van der Waals surface area contributed by atoms with E-state index in [4.69, 9.17) is 18.9 Å². The lowest BCUT2D eigenvalue weighted by atomic mass is 10.0. The summed E-state index contributed by atoms with van der Waals surface area (Å²) in [7, 11) is 5.93. The lowest BCUT2D eigenvalue weighted by Crippen LogP contribution is -2.44. The van der Waals surface area contributed by atoms with E-state index < -0.39 is 24.3 Å². The molecule has 2 atom stereocenters. The second-order valence-corrected chi connectivity index (χ2v) is 24.4. The Labute approximate surface area is 524 Å². The fourth-order valence-corrected chi connectivity index (χ4v) is 9.67. The molecule has 0 amide bonds. The van der Waals surface area contributed by atoms with Crippen molar-refractivity contribution in [3.63, 3.8) is 0 Å². The van der Waals surface area contributed by atoms with E-state index >= 15 is 0 Å². The summed E-state index contributed by atoms with van der Waals surface area (Å²) >= 11 is 0. The van der Waals surface area contributed by atoms with Gasteiger partial charge in [0.05, 0.1) is 40.3 Å². The van der Waals surface area contributed by atoms with Crippen molar-refractivity contribution in [2.24, 2.45) is 0 Å². The minimum Gasteiger partial charge on any atom is -0.545 e. The van der Waals surface area contributed by atoms with Crippen molar-refractivity contribution in [3.8, 4) is 0 Å². The molecule has 0 saturated heterocycles. The molecule has 2 unspecified atom stereocenters. The molecule has 85 heavy (non-hydrogen) atoms. The standard InChI is InChI=1S/C76H131NO8/c1-6-8-10-12-14-16-18-20-22-24-26-28-30-31-32-33-34-35-36-37-38-39-40-41-42-43-45-47-49-51-53-55-57-59-61-63-65-67-74(79)85-72(71-84-76(75(80)81)82-69-68-77(3,4)5)70-83-73(78)66-64-62-60-58-56-54-52-50-48-46-44-29-27-25-23-21-19-17-15-13-11-9-7-2/h8,10,14,16,19-22,25-28,31-32,34-35,44,46,72,76H,6-7,9,11-13,15,17-18,23-24,29-30,33,36-43,45,47-71H2,1-5H3/b10-8-,16-14-,21-19-,22-20-,27-25-,28-26-,32-31-,35-34-,46-44-. The zero-order chi connectivity index (χ0) is 61.9. The summed E-state index contributed by atoms with van der Waals surface area (Å²) in [6.45, 7) is 4.63. The summed E-state index contributed by atoms with van der Waals surface area (Å²) in [4.78, 5) is 37.5. The van der Waals surface area contributed by atoms with Crippen molar-refractivity contribution in [2.75, 3.05) is 47.5 Å². The summed E-state index contributed by atoms with van der Waals surface area (Å²) in [6, 6.07) is 0. The monoisotopic (exact) mass is 1190 g/mol. The van der Waals surface area contributed by atoms with Gasteiger partial charge in [0, 0.05) is 12.8 Å². The molecule has 0 aliphatic heterocycles. The first-order valence-corrected chi connectivity index (χ1v) is 35.0. The Morgan fingerprint density at radius 1 is 0.365 bits per heavy atom. The molecule has 0 spiro atoms. The normalized spacial score (nSPS) is 13.4. The first-order chi connectivity index (χ1) is 41.6. The second kappa shape index (κ2) is 65.9. The van der Waals surface area contributed by atoms with E-state index in [2.05, 4.69) is 123 Å². The highest BCUT2D eigenvalue weighted by molar-refractivity contribution is 5.70. The lowest BCUT2D eigenvalue weighted by molar-refractivity contribution is -0.870. The molecule has 0 aliphatic rings. The predicted molar refractivity (Wildman–Crippen MR) is 361 cm³/mol. The molecule has 0 aromatic carbocycles. The number of carboxylic acid groups (broad SMARTS) is 1. The molecule has 0 aromatic rings. The zero-order valence-corrected chi connectivity index (χ0v) is 55.7. The van der Waals surface area contributed by atoms with Crippen LogP contribution in [-0.2, 0) is 33.3 Å². The van der Waals surface area contributed by atoms with Crippen LogP contribution in [0.25, 0.3) is 0 Å². The minimum atomic E-state index is -1.63. The molecule has 0 N–H and O–H groups in total. The molecule has 0 fully saturated rings. The summed E-state index contributed by atoms with van der Waals surface area (Å²) in [6.07, 6.45) is 88.8. The molecule has 0 rings (SSSR count). The topological polar surface area (TPSA) is 111 Å². The fourth-order valence-electron chi connectivity index (χ4n) is 9.67. The van der Waals surface area contributed by atoms with Crippen LogP contribution in [0.5, 0.6) is 0 Å². The maximum absolute atomic E-state index is 12.9. The quantitative estimate of drug-likeness (QED) is 0.0195. The van der Waals surface area contributed by atoms with E-state index in [-0.39, 0.29) is 38.6 Å². The zero-order valence-electron chi connectivity index (χ0n) is 55.7. The number of likely N-dealkylation sites (N-methyl/N-ethyl adjacent to an activating group) is 1. The van der Waals surface area contributed by atoms with Gasteiger partial charge in [-0.05, 0) is 103 Å². The molecule has 9 heteroatoms. The maximum Gasteiger partial charge on any atom is 0.306 e. The minimum absolute atomic E-state index is 0.143. The molecule has 0 aliphatic carbocycles. The number of hydrogen-bond acceptors (Lipinski definition) is 8. The third-order valence-corrected chi connectivity index (χ3v) is 15.0. The molecule has 0 radical (unpaired) electrons. The summed E-state index contributed by atoms with van der Waals surface area (Å²) in [5, 5.41) is 11.8. The number of esters is 2. The van der Waals surface area contributed by atoms with Gasteiger partial charge < -0.3 is 33.3 Å². The van der Waals surface area contributed by atoms with Gasteiger partial charge in [-0.1, -0.05) is 290 Å². The van der Waals surface area contributed by atoms with Crippen molar-refractivity contribution >= 4 is 17.9 Å². The van der Waals surface area contributed by atoms with Crippen LogP contribution >= 0.6 is 0 Å². The number of hydrogen-bond donors (Lipinski definition) is 0. The van der Waals surface area contributed by atoms with E-state index in [1.807, 2.05) is 21.1 Å². The Hall–Kier alpha value is -4.05. The molecule has 9 nitrogen and oxygen atoms in total. The Morgan fingerprint density at radius 2 is 0.671 bits per heavy atom. The van der Waals surface area contributed by atoms with Crippen LogP contribution in [0, 0.1) is 0 Å². The average molecular weight is 1190 g/mol. The van der Waals surface area contributed by atoms with E-state index in [0.29, 0.717) is 17.4 Å². The van der Waals surface area contributed by atoms with Crippen LogP contribution in [-0.4, -0.2) is 82.3 Å². The van der Waals surface area contributed by atoms with Crippen LogP contribution in [0.3, 0.4) is 0 Å². The molecule has 0 saturated carbocycles. The molecule has 0 heterocycles. The van der Waals surface area contributed by atoms with Crippen molar-refractivity contribution < 1.29 is 42.9 Å². The number of quaternary nitrogens is 1. The number of ether oxygens (including phenoxy) is 4. The van der Waals surface area contributed by atoms with Crippen LogP contribution < -0.4 is 5.11 Å². The highest BCUT2D eigenvalue weighted by Crippen LogP contribution is 2.17. The highest BCUT2D eigenvalue weighted by Gasteiger charge is 2.22. The Bertz CT molecular complexity index is 1760. The van der Waals surface area contributed by atoms with Crippen molar-refractivity contribution in [1.29, 1.82) is 0 Å². The number of unbranched alkanes of at least 4 members (excludes halogenated alkanes) is 31. The third-order valence-electron chi connectivity index (χ3n) is 15.0. The van der Waals surface area contributed by atoms with Crippen molar-refractivity contribution in [2.45, 2.75) is 309 Å². The Morgan fingerprint density at radius 3 is 1.00 bits per heavy atom. The highest BCUT2D eigenvalue weighted by atomic mass is 16.7. The van der Waals surface area contributed by atoms with E-state index in [1.165, 1.54) is 161 Å². The predicted octanol–water partition coefficient (Wildman–Crippen LogP) is 20.5. The first-order valence-electron chi connectivity index (χ1n) is 35.0. The van der Waals surface area contributed by atoms with Gasteiger partial charge in [-0.3, -0.25) is 9.59 Å². The number of carbonyl (C=O) groups excluding carboxylic acids is 3. The van der Waals surface area contributed by atoms with Crippen molar-refractivity contribution in [1.82, 2.24) is 0 Å². The number of nitrogens with zero attached hydrogens (tertiary/aromatic N) is 1. The summed E-state index contributed by atoms with van der Waals surface area (Å²) in [5.74, 6) is -2.29. The number of allylic oxidation sites excluding steroid dienone is 18. The molecule has 0 bridgehead atoms. The number of aliphatic carboxylic acids is 1. The molecule has 488 valence electrons. The SMILES string of the molecule is CC/C=C\C/C=C\C/C=C\C/C=C\C/C=C\C/C=C\CCCCCCCCCCCCCCCCCCCCC(=O)OC(COC(=O)CCCCCCCCCC/C=C\C/C=C\C/C=C\CCCCCCC)COC(OCC[N+](C)(C)C)C(=O)[O-]. The van der Waals surface area contributed by atoms with Crippen LogP contribution in [0.15, 0.2) is 109 Å². The molecule has 0 aromatic heterocycles. The van der Waals surface area contributed by atoms with Gasteiger partial charge in [-0.2, -0.15) is 0 Å². The van der Waals surface area contributed by atoms with Crippen LogP contribution in [0.2, 0.25) is 0 Å². The smallest absolute Gasteiger partial charge is 0.306 e. The Balaban J connectivity index is 4.10. The average Bonchev–Trinajstić information content (AvgIpc) is 3.48. The number of carbonyl (C=O) groups is 3. The van der Waals surface area contributed by atoms with Gasteiger partial charge in [0.2, 0.25) is 0 Å². The first kappa shape index (κ1) is 81.0. The van der Waals surface area contributed by atoms with E-state index in [0.717, 1.165) is 103 Å². The summed E-state index contributed by atoms with van der Waals surface area (Å²) in [5.41, 5.74) is 0.